The molecule has 0 spiro atoms. The summed E-state index contributed by atoms with van der Waals surface area (Å²) in [4.78, 5) is 33.3. The molecular formula is C12H23N3O4. The van der Waals surface area contributed by atoms with Gasteiger partial charge >= 0.3 is 12.0 Å². The van der Waals surface area contributed by atoms with Crippen LogP contribution in [0.5, 0.6) is 0 Å². The molecular weight excluding hydrogens is 250 g/mol. The number of hydrogen-bond donors (Lipinski definition) is 4. The maximum absolute atomic E-state index is 11.6. The highest BCUT2D eigenvalue weighted by atomic mass is 16.4. The van der Waals surface area contributed by atoms with Gasteiger partial charge in [0, 0.05) is 13.0 Å². The first-order valence-corrected chi connectivity index (χ1v) is 6.33. The molecule has 5 N–H and O–H groups in total. The average molecular weight is 273 g/mol. The summed E-state index contributed by atoms with van der Waals surface area (Å²) < 4.78 is 0. The number of hydrogen-bond acceptors (Lipinski definition) is 3. The van der Waals surface area contributed by atoms with Crippen LogP contribution in [0.4, 0.5) is 4.79 Å². The van der Waals surface area contributed by atoms with Crippen molar-refractivity contribution in [1.29, 1.82) is 0 Å². The van der Waals surface area contributed by atoms with Gasteiger partial charge in [0.1, 0.15) is 6.04 Å². The van der Waals surface area contributed by atoms with Crippen LogP contribution < -0.4 is 16.4 Å². The van der Waals surface area contributed by atoms with Gasteiger partial charge in [0.05, 0.1) is 0 Å². The third-order valence-electron chi connectivity index (χ3n) is 2.85. The van der Waals surface area contributed by atoms with Gasteiger partial charge in [-0.2, -0.15) is 0 Å². The first-order chi connectivity index (χ1) is 8.77. The van der Waals surface area contributed by atoms with E-state index in [0.29, 0.717) is 6.42 Å². The van der Waals surface area contributed by atoms with Crippen LogP contribution in [-0.2, 0) is 9.59 Å². The molecule has 0 heterocycles. The summed E-state index contributed by atoms with van der Waals surface area (Å²) in [5, 5.41) is 13.7. The van der Waals surface area contributed by atoms with E-state index in [1.807, 2.05) is 6.92 Å². The van der Waals surface area contributed by atoms with Gasteiger partial charge < -0.3 is 21.5 Å². The van der Waals surface area contributed by atoms with Crippen LogP contribution in [0, 0.1) is 11.8 Å². The molecule has 0 aliphatic rings. The molecule has 0 saturated heterocycles. The molecule has 0 fully saturated rings. The highest BCUT2D eigenvalue weighted by Crippen LogP contribution is 2.06. The summed E-state index contributed by atoms with van der Waals surface area (Å²) in [5.41, 5.74) is 5.17. The minimum absolute atomic E-state index is 0.000207. The minimum atomic E-state index is -0.897. The smallest absolute Gasteiger partial charge is 0.315 e. The fraction of sp³-hybridized carbons (Fsp3) is 0.750. The molecule has 0 aromatic carbocycles. The predicted molar refractivity (Wildman–Crippen MR) is 70.4 cm³/mol. The van der Waals surface area contributed by atoms with Gasteiger partial charge in [-0.3, -0.25) is 9.59 Å². The fourth-order valence-corrected chi connectivity index (χ4v) is 1.60. The third-order valence-corrected chi connectivity index (χ3v) is 2.85. The van der Waals surface area contributed by atoms with Gasteiger partial charge in [0.15, 0.2) is 0 Å². The minimum Gasteiger partial charge on any atom is -0.481 e. The van der Waals surface area contributed by atoms with Crippen molar-refractivity contribution in [3.05, 3.63) is 0 Å². The van der Waals surface area contributed by atoms with Gasteiger partial charge in [-0.25, -0.2) is 4.79 Å². The lowest BCUT2D eigenvalue weighted by molar-refractivity contribution is -0.138. The number of aliphatic carboxylic acids is 1. The number of carbonyl (C=O) groups excluding carboxylic acids is 2. The fourth-order valence-electron chi connectivity index (χ4n) is 1.60. The van der Waals surface area contributed by atoms with Gasteiger partial charge in [0.25, 0.3) is 0 Å². The lowest BCUT2D eigenvalue weighted by Crippen LogP contribution is -2.51. The number of primary amides is 1. The zero-order valence-corrected chi connectivity index (χ0v) is 11.6. The van der Waals surface area contributed by atoms with E-state index in [9.17, 15) is 14.4 Å². The van der Waals surface area contributed by atoms with Gasteiger partial charge in [-0.15, -0.1) is 0 Å². The number of carbonyl (C=O) groups is 3. The van der Waals surface area contributed by atoms with Gasteiger partial charge in [-0.1, -0.05) is 27.2 Å². The van der Waals surface area contributed by atoms with Crippen LogP contribution in [0.1, 0.15) is 33.6 Å². The van der Waals surface area contributed by atoms with E-state index >= 15 is 0 Å². The van der Waals surface area contributed by atoms with E-state index in [1.54, 1.807) is 13.8 Å². The van der Waals surface area contributed by atoms with E-state index in [2.05, 4.69) is 10.6 Å². The lowest BCUT2D eigenvalue weighted by atomic mass is 10.0. The average Bonchev–Trinajstić information content (AvgIpc) is 2.30. The molecule has 0 aromatic rings. The van der Waals surface area contributed by atoms with Gasteiger partial charge in [0.2, 0.25) is 5.91 Å². The molecule has 7 heteroatoms. The molecule has 0 bridgehead atoms. The predicted octanol–water partition coefficient (Wildman–Crippen LogP) is 0.296. The van der Waals surface area contributed by atoms with Crippen molar-refractivity contribution in [2.45, 2.75) is 39.7 Å². The number of nitrogens with two attached hydrogens (primary N) is 1. The zero-order chi connectivity index (χ0) is 15.0. The van der Waals surface area contributed by atoms with Crippen molar-refractivity contribution >= 4 is 17.9 Å². The van der Waals surface area contributed by atoms with Crippen LogP contribution in [-0.4, -0.2) is 35.6 Å². The highest BCUT2D eigenvalue weighted by Gasteiger charge is 2.22. The Kier molecular flexibility index (Phi) is 7.55. The number of amides is 3. The van der Waals surface area contributed by atoms with Crippen LogP contribution in [0.25, 0.3) is 0 Å². The highest BCUT2D eigenvalue weighted by molar-refractivity contribution is 5.86. The van der Waals surface area contributed by atoms with Crippen LogP contribution in [0.15, 0.2) is 0 Å². The monoisotopic (exact) mass is 273 g/mol. The number of urea groups is 1. The Hall–Kier alpha value is -1.79. The van der Waals surface area contributed by atoms with Crippen molar-refractivity contribution < 1.29 is 19.5 Å². The van der Waals surface area contributed by atoms with Crippen molar-refractivity contribution in [3.8, 4) is 0 Å². The van der Waals surface area contributed by atoms with E-state index < -0.39 is 23.9 Å². The van der Waals surface area contributed by atoms with Crippen LogP contribution in [0.3, 0.4) is 0 Å². The number of rotatable bonds is 8. The van der Waals surface area contributed by atoms with E-state index in [0.717, 1.165) is 0 Å². The molecule has 7 nitrogen and oxygen atoms in total. The molecule has 0 saturated carbocycles. The molecule has 0 rings (SSSR count). The molecule has 0 radical (unpaired) electrons. The topological polar surface area (TPSA) is 122 Å². The summed E-state index contributed by atoms with van der Waals surface area (Å²) >= 11 is 0. The molecule has 2 unspecified atom stereocenters. The van der Waals surface area contributed by atoms with Crippen LogP contribution >= 0.6 is 0 Å². The quantitative estimate of drug-likeness (QED) is 0.508. The Morgan fingerprint density at radius 1 is 1.26 bits per heavy atom. The third kappa shape index (κ3) is 7.28. The van der Waals surface area contributed by atoms with Crippen LogP contribution in [0.2, 0.25) is 0 Å². The lowest BCUT2D eigenvalue weighted by Gasteiger charge is -2.20. The summed E-state index contributed by atoms with van der Waals surface area (Å²) in [7, 11) is 0. The second-order valence-corrected chi connectivity index (χ2v) is 4.85. The molecule has 2 atom stereocenters. The SMILES string of the molecule is CCC(CNC(=O)NC(C(N)=O)C(C)C)CC(=O)O. The molecule has 19 heavy (non-hydrogen) atoms. The van der Waals surface area contributed by atoms with Crippen molar-refractivity contribution in [3.63, 3.8) is 0 Å². The van der Waals surface area contributed by atoms with E-state index in [-0.39, 0.29) is 24.8 Å². The Labute approximate surface area is 112 Å². The summed E-state index contributed by atoms with van der Waals surface area (Å²) in [5.74, 6) is -1.73. The molecule has 3 amide bonds. The largest absolute Gasteiger partial charge is 0.481 e. The Bertz CT molecular complexity index is 331. The van der Waals surface area contributed by atoms with E-state index in [4.69, 9.17) is 10.8 Å². The molecule has 0 aromatic heterocycles. The summed E-state index contributed by atoms with van der Waals surface area (Å²) in [6.45, 7) is 5.65. The summed E-state index contributed by atoms with van der Waals surface area (Å²) in [6.07, 6.45) is 0.649. The first kappa shape index (κ1) is 17.2. The Morgan fingerprint density at radius 2 is 1.84 bits per heavy atom. The molecule has 110 valence electrons. The van der Waals surface area contributed by atoms with Gasteiger partial charge in [-0.05, 0) is 11.8 Å². The first-order valence-electron chi connectivity index (χ1n) is 6.33. The molecule has 0 aliphatic carbocycles. The van der Waals surface area contributed by atoms with Crippen molar-refractivity contribution in [2.75, 3.05) is 6.54 Å². The standard InChI is InChI=1S/C12H23N3O4/c1-4-8(5-9(16)17)6-14-12(19)15-10(7(2)3)11(13)18/h7-8,10H,4-6H2,1-3H3,(H2,13,18)(H,16,17)(H2,14,15,19). The Balaban J connectivity index is 4.23. The zero-order valence-electron chi connectivity index (χ0n) is 11.6. The maximum Gasteiger partial charge on any atom is 0.315 e. The number of carboxylic acid groups (broad SMARTS) is 1. The van der Waals surface area contributed by atoms with E-state index in [1.165, 1.54) is 0 Å². The maximum atomic E-state index is 11.6. The normalized spacial score (nSPS) is 13.7. The second kappa shape index (κ2) is 8.34. The van der Waals surface area contributed by atoms with Crippen molar-refractivity contribution in [2.24, 2.45) is 17.6 Å². The van der Waals surface area contributed by atoms with Crippen molar-refractivity contribution in [1.82, 2.24) is 10.6 Å². The second-order valence-electron chi connectivity index (χ2n) is 4.85. The Morgan fingerprint density at radius 3 is 2.21 bits per heavy atom. The molecule has 0 aliphatic heterocycles. The number of carboxylic acids is 1. The summed E-state index contributed by atoms with van der Waals surface area (Å²) in [6, 6.07) is -1.25. The number of nitrogens with one attached hydrogen (secondary N) is 2.